The van der Waals surface area contributed by atoms with E-state index in [1.54, 1.807) is 6.26 Å². The maximum absolute atomic E-state index is 5.81. The third kappa shape index (κ3) is 5.44. The second-order valence-electron chi connectivity index (χ2n) is 5.60. The number of nitrogens with one attached hydrogen (secondary N) is 1. The molecular weight excluding hydrogens is 322 g/mol. The van der Waals surface area contributed by atoms with E-state index in [1.807, 2.05) is 24.3 Å². The van der Waals surface area contributed by atoms with Crippen LogP contribution in [0.4, 0.5) is 0 Å². The molecule has 0 saturated heterocycles. The van der Waals surface area contributed by atoms with Crippen molar-refractivity contribution in [2.24, 2.45) is 0 Å². The summed E-state index contributed by atoms with van der Waals surface area (Å²) in [5.74, 6) is 1.84. The molecule has 0 radical (unpaired) electrons. The predicted octanol–water partition coefficient (Wildman–Crippen LogP) is 4.88. The van der Waals surface area contributed by atoms with Gasteiger partial charge in [0.1, 0.15) is 18.1 Å². The largest absolute Gasteiger partial charge is 0.489 e. The summed E-state index contributed by atoms with van der Waals surface area (Å²) < 4.78 is 11.1. The van der Waals surface area contributed by atoms with E-state index in [2.05, 4.69) is 48.6 Å². The van der Waals surface area contributed by atoms with E-state index in [1.165, 1.54) is 16.7 Å². The molecule has 3 aromatic rings. The van der Waals surface area contributed by atoms with E-state index in [0.29, 0.717) is 6.61 Å². The Hall–Kier alpha value is -2.23. The molecule has 0 aliphatic carbocycles. The SMILES string of the molecule is Cc1ccc(COc2ccc(CNCc3ccco3)cc2)cc1.Cl. The number of furan rings is 1. The normalized spacial score (nSPS) is 10.2. The van der Waals surface area contributed by atoms with Crippen LogP contribution in [0.5, 0.6) is 5.75 Å². The predicted molar refractivity (Wildman–Crippen MR) is 98.5 cm³/mol. The summed E-state index contributed by atoms with van der Waals surface area (Å²) in [6.45, 7) is 4.22. The quantitative estimate of drug-likeness (QED) is 0.664. The minimum atomic E-state index is 0. The molecule has 0 unspecified atom stereocenters. The number of hydrogen-bond acceptors (Lipinski definition) is 3. The third-order valence-corrected chi connectivity index (χ3v) is 3.66. The minimum absolute atomic E-state index is 0. The maximum atomic E-state index is 5.81. The number of aryl methyl sites for hydroxylation is 1. The number of benzene rings is 2. The molecule has 4 heteroatoms. The van der Waals surface area contributed by atoms with Gasteiger partial charge in [0.15, 0.2) is 0 Å². The lowest BCUT2D eigenvalue weighted by Gasteiger charge is -2.08. The van der Waals surface area contributed by atoms with Gasteiger partial charge in [-0.3, -0.25) is 0 Å². The van der Waals surface area contributed by atoms with Crippen LogP contribution in [-0.4, -0.2) is 0 Å². The van der Waals surface area contributed by atoms with Gasteiger partial charge in [0.05, 0.1) is 12.8 Å². The van der Waals surface area contributed by atoms with Crippen LogP contribution in [0.3, 0.4) is 0 Å². The average molecular weight is 344 g/mol. The molecule has 0 amide bonds. The average Bonchev–Trinajstić information content (AvgIpc) is 3.09. The summed E-state index contributed by atoms with van der Waals surface area (Å²) in [6.07, 6.45) is 1.69. The van der Waals surface area contributed by atoms with Crippen LogP contribution in [-0.2, 0) is 19.7 Å². The van der Waals surface area contributed by atoms with Gasteiger partial charge in [0.25, 0.3) is 0 Å². The zero-order valence-corrected chi connectivity index (χ0v) is 14.5. The summed E-state index contributed by atoms with van der Waals surface area (Å²) in [4.78, 5) is 0. The molecular formula is C20H22ClNO2. The van der Waals surface area contributed by atoms with Crippen LogP contribution in [0.2, 0.25) is 0 Å². The lowest BCUT2D eigenvalue weighted by atomic mass is 10.2. The van der Waals surface area contributed by atoms with Crippen LogP contribution in [0.1, 0.15) is 22.5 Å². The van der Waals surface area contributed by atoms with Crippen molar-refractivity contribution in [2.75, 3.05) is 0 Å². The first-order chi connectivity index (χ1) is 11.3. The molecule has 1 heterocycles. The summed E-state index contributed by atoms with van der Waals surface area (Å²) in [5, 5.41) is 3.35. The van der Waals surface area contributed by atoms with Gasteiger partial charge in [0, 0.05) is 6.54 Å². The summed E-state index contributed by atoms with van der Waals surface area (Å²) in [7, 11) is 0. The molecule has 0 fully saturated rings. The Morgan fingerprint density at radius 3 is 2.25 bits per heavy atom. The Balaban J connectivity index is 0.00000208. The van der Waals surface area contributed by atoms with E-state index in [-0.39, 0.29) is 12.4 Å². The van der Waals surface area contributed by atoms with Gasteiger partial charge in [-0.2, -0.15) is 0 Å². The van der Waals surface area contributed by atoms with E-state index < -0.39 is 0 Å². The van der Waals surface area contributed by atoms with Gasteiger partial charge in [-0.1, -0.05) is 42.0 Å². The van der Waals surface area contributed by atoms with Crippen LogP contribution in [0, 0.1) is 6.92 Å². The Labute approximate surface area is 149 Å². The molecule has 0 atom stereocenters. The monoisotopic (exact) mass is 343 g/mol. The molecule has 0 aliphatic rings. The summed E-state index contributed by atoms with van der Waals surface area (Å²) >= 11 is 0. The molecule has 0 bridgehead atoms. The van der Waals surface area contributed by atoms with Crippen molar-refractivity contribution in [1.82, 2.24) is 5.32 Å². The first-order valence-electron chi connectivity index (χ1n) is 7.80. The van der Waals surface area contributed by atoms with Crippen LogP contribution in [0.15, 0.2) is 71.3 Å². The molecule has 0 spiro atoms. The van der Waals surface area contributed by atoms with Crippen molar-refractivity contribution < 1.29 is 9.15 Å². The fourth-order valence-corrected chi connectivity index (χ4v) is 2.30. The molecule has 0 saturated carbocycles. The second-order valence-corrected chi connectivity index (χ2v) is 5.60. The Kier molecular flexibility index (Phi) is 6.91. The van der Waals surface area contributed by atoms with Gasteiger partial charge in [-0.05, 0) is 42.3 Å². The standard InChI is InChI=1S/C20H21NO2.ClH/c1-16-4-6-18(7-5-16)15-23-19-10-8-17(9-11-19)13-21-14-20-3-2-12-22-20;/h2-12,21H,13-15H2,1H3;1H. The van der Waals surface area contributed by atoms with Gasteiger partial charge >= 0.3 is 0 Å². The molecule has 3 nitrogen and oxygen atoms in total. The van der Waals surface area contributed by atoms with Crippen LogP contribution < -0.4 is 10.1 Å². The number of ether oxygens (including phenoxy) is 1. The van der Waals surface area contributed by atoms with Crippen molar-refractivity contribution in [3.8, 4) is 5.75 Å². The molecule has 3 rings (SSSR count). The van der Waals surface area contributed by atoms with E-state index in [4.69, 9.17) is 9.15 Å². The highest BCUT2D eigenvalue weighted by Gasteiger charge is 1.99. The number of hydrogen-bond donors (Lipinski definition) is 1. The fraction of sp³-hybridized carbons (Fsp3) is 0.200. The summed E-state index contributed by atoms with van der Waals surface area (Å²) in [6, 6.07) is 20.5. The van der Waals surface area contributed by atoms with Crippen LogP contribution >= 0.6 is 12.4 Å². The van der Waals surface area contributed by atoms with E-state index in [0.717, 1.165) is 24.6 Å². The highest BCUT2D eigenvalue weighted by molar-refractivity contribution is 5.85. The lowest BCUT2D eigenvalue weighted by Crippen LogP contribution is -2.11. The van der Waals surface area contributed by atoms with Gasteiger partial charge in [-0.25, -0.2) is 0 Å². The maximum Gasteiger partial charge on any atom is 0.119 e. The number of rotatable bonds is 7. The minimum Gasteiger partial charge on any atom is -0.489 e. The van der Waals surface area contributed by atoms with Crippen molar-refractivity contribution in [3.63, 3.8) is 0 Å². The molecule has 1 aromatic heterocycles. The zero-order valence-electron chi connectivity index (χ0n) is 13.7. The fourth-order valence-electron chi connectivity index (χ4n) is 2.30. The second kappa shape index (κ2) is 9.16. The van der Waals surface area contributed by atoms with Crippen molar-refractivity contribution in [1.29, 1.82) is 0 Å². The van der Waals surface area contributed by atoms with E-state index in [9.17, 15) is 0 Å². The first kappa shape index (κ1) is 18.1. The number of halogens is 1. The zero-order chi connectivity index (χ0) is 15.9. The molecule has 0 aliphatic heterocycles. The Bertz CT molecular complexity index is 706. The van der Waals surface area contributed by atoms with Gasteiger partial charge in [0.2, 0.25) is 0 Å². The van der Waals surface area contributed by atoms with Crippen molar-refractivity contribution in [3.05, 3.63) is 89.4 Å². The Morgan fingerprint density at radius 1 is 0.875 bits per heavy atom. The Morgan fingerprint density at radius 2 is 1.58 bits per heavy atom. The molecule has 2 aromatic carbocycles. The van der Waals surface area contributed by atoms with Crippen molar-refractivity contribution in [2.45, 2.75) is 26.6 Å². The van der Waals surface area contributed by atoms with Crippen LogP contribution in [0.25, 0.3) is 0 Å². The van der Waals surface area contributed by atoms with Gasteiger partial charge in [-0.15, -0.1) is 12.4 Å². The molecule has 1 N–H and O–H groups in total. The van der Waals surface area contributed by atoms with E-state index >= 15 is 0 Å². The topological polar surface area (TPSA) is 34.4 Å². The molecule has 24 heavy (non-hydrogen) atoms. The highest BCUT2D eigenvalue weighted by atomic mass is 35.5. The first-order valence-corrected chi connectivity index (χ1v) is 7.80. The van der Waals surface area contributed by atoms with Gasteiger partial charge < -0.3 is 14.5 Å². The highest BCUT2D eigenvalue weighted by Crippen LogP contribution is 2.14. The van der Waals surface area contributed by atoms with Crippen molar-refractivity contribution >= 4 is 12.4 Å². The smallest absolute Gasteiger partial charge is 0.119 e. The summed E-state index contributed by atoms with van der Waals surface area (Å²) in [5.41, 5.74) is 3.67. The molecule has 126 valence electrons. The lowest BCUT2D eigenvalue weighted by molar-refractivity contribution is 0.306. The third-order valence-electron chi connectivity index (χ3n) is 3.66.